The lowest BCUT2D eigenvalue weighted by Gasteiger charge is -2.57. The molecule has 0 spiro atoms. The van der Waals surface area contributed by atoms with Gasteiger partial charge in [0.1, 0.15) is 6.10 Å². The first-order chi connectivity index (χ1) is 11.1. The van der Waals surface area contributed by atoms with E-state index >= 15 is 0 Å². The molecule has 2 nitrogen and oxygen atoms in total. The Kier molecular flexibility index (Phi) is 6.41. The molecule has 0 aromatic heterocycles. The molecular formula is C23H40O2. The van der Waals surface area contributed by atoms with Crippen LogP contribution in [0, 0.1) is 39.9 Å². The fraction of sp³-hybridized carbons (Fsp3) is 0.783. The Morgan fingerprint density at radius 3 is 1.68 bits per heavy atom. The molecule has 1 aliphatic rings. The van der Waals surface area contributed by atoms with Gasteiger partial charge in [0, 0.05) is 12.0 Å². The van der Waals surface area contributed by atoms with Crippen molar-refractivity contribution in [1.82, 2.24) is 0 Å². The molecule has 0 radical (unpaired) electrons. The molecule has 0 bridgehead atoms. The molecule has 1 saturated carbocycles. The van der Waals surface area contributed by atoms with Crippen LogP contribution in [0.2, 0.25) is 0 Å². The van der Waals surface area contributed by atoms with Gasteiger partial charge < -0.3 is 4.74 Å². The summed E-state index contributed by atoms with van der Waals surface area (Å²) in [6.07, 6.45) is 4.21. The second-order valence-corrected chi connectivity index (χ2v) is 11.0. The normalized spacial score (nSPS) is 31.3. The van der Waals surface area contributed by atoms with E-state index < -0.39 is 0 Å². The summed E-state index contributed by atoms with van der Waals surface area (Å²) in [6.45, 7) is 28.5. The molecule has 25 heavy (non-hydrogen) atoms. The van der Waals surface area contributed by atoms with E-state index in [2.05, 4.69) is 81.5 Å². The second-order valence-electron chi connectivity index (χ2n) is 11.0. The first kappa shape index (κ1) is 22.0. The molecule has 144 valence electrons. The van der Waals surface area contributed by atoms with Crippen molar-refractivity contribution in [2.75, 3.05) is 0 Å². The first-order valence-electron chi connectivity index (χ1n) is 9.60. The van der Waals surface area contributed by atoms with Crippen LogP contribution in [0.5, 0.6) is 0 Å². The SMILES string of the molecule is C=CC(=O)OC1CC(C(C)(C)C)C(C(C)(C)C)C(C=C)C1C(C)(C)C. The maximum atomic E-state index is 12.0. The van der Waals surface area contributed by atoms with Gasteiger partial charge in [0.2, 0.25) is 0 Å². The number of carbonyl (C=O) groups is 1. The molecule has 1 rings (SSSR count). The van der Waals surface area contributed by atoms with Crippen LogP contribution in [-0.2, 0) is 9.53 Å². The second kappa shape index (κ2) is 7.29. The van der Waals surface area contributed by atoms with Gasteiger partial charge in [-0.1, -0.05) is 75.0 Å². The number of allylic oxidation sites excluding steroid dienone is 1. The Balaban J connectivity index is 3.49. The van der Waals surface area contributed by atoms with E-state index in [1.54, 1.807) is 0 Å². The van der Waals surface area contributed by atoms with Gasteiger partial charge in [-0.15, -0.1) is 6.58 Å². The van der Waals surface area contributed by atoms with Gasteiger partial charge in [0.25, 0.3) is 0 Å². The summed E-state index contributed by atoms with van der Waals surface area (Å²) < 4.78 is 5.89. The maximum absolute atomic E-state index is 12.0. The van der Waals surface area contributed by atoms with Crippen molar-refractivity contribution in [2.45, 2.75) is 74.8 Å². The van der Waals surface area contributed by atoms with E-state index in [0.29, 0.717) is 17.8 Å². The third-order valence-corrected chi connectivity index (χ3v) is 5.97. The van der Waals surface area contributed by atoms with Crippen LogP contribution in [0.1, 0.15) is 68.7 Å². The van der Waals surface area contributed by atoms with Gasteiger partial charge >= 0.3 is 5.97 Å². The highest BCUT2D eigenvalue weighted by Gasteiger charge is 2.54. The van der Waals surface area contributed by atoms with Crippen LogP contribution in [-0.4, -0.2) is 12.1 Å². The van der Waals surface area contributed by atoms with Gasteiger partial charge in [-0.2, -0.15) is 0 Å². The molecule has 2 heteroatoms. The summed E-state index contributed by atoms with van der Waals surface area (Å²) >= 11 is 0. The van der Waals surface area contributed by atoms with Gasteiger partial charge in [0.15, 0.2) is 0 Å². The Bertz CT molecular complexity index is 496. The Morgan fingerprint density at radius 1 is 0.880 bits per heavy atom. The zero-order chi connectivity index (χ0) is 19.8. The third-order valence-electron chi connectivity index (χ3n) is 5.97. The third kappa shape index (κ3) is 4.99. The van der Waals surface area contributed by atoms with E-state index in [4.69, 9.17) is 4.74 Å². The lowest BCUT2D eigenvalue weighted by molar-refractivity contribution is -0.166. The van der Waals surface area contributed by atoms with Crippen molar-refractivity contribution in [2.24, 2.45) is 39.9 Å². The summed E-state index contributed by atoms with van der Waals surface area (Å²) in [7, 11) is 0. The van der Waals surface area contributed by atoms with Crippen LogP contribution in [0.3, 0.4) is 0 Å². The molecule has 0 aromatic rings. The van der Waals surface area contributed by atoms with Gasteiger partial charge in [-0.05, 0) is 40.4 Å². The highest BCUT2D eigenvalue weighted by molar-refractivity contribution is 5.81. The van der Waals surface area contributed by atoms with E-state index in [1.165, 1.54) is 6.08 Å². The largest absolute Gasteiger partial charge is 0.459 e. The number of hydrogen-bond acceptors (Lipinski definition) is 2. The summed E-state index contributed by atoms with van der Waals surface area (Å²) in [5, 5.41) is 0. The average Bonchev–Trinajstić information content (AvgIpc) is 2.42. The zero-order valence-electron chi connectivity index (χ0n) is 18.0. The van der Waals surface area contributed by atoms with E-state index in [9.17, 15) is 4.79 Å². The monoisotopic (exact) mass is 348 g/mol. The standard InChI is InChI=1S/C23H40O2/c1-12-15-19(22(6,7)8)16(21(3,4)5)14-17(25-18(24)13-2)20(15)23(9,10)11/h12-13,15-17,19-20H,1-2,14H2,3-11H3. The molecular weight excluding hydrogens is 308 g/mol. The predicted molar refractivity (Wildman–Crippen MR) is 107 cm³/mol. The van der Waals surface area contributed by atoms with Crippen LogP contribution >= 0.6 is 0 Å². The number of esters is 1. The van der Waals surface area contributed by atoms with Gasteiger partial charge in [-0.25, -0.2) is 4.79 Å². The van der Waals surface area contributed by atoms with E-state index in [0.717, 1.165) is 6.42 Å². The number of rotatable bonds is 3. The van der Waals surface area contributed by atoms with Crippen molar-refractivity contribution < 1.29 is 9.53 Å². The highest BCUT2D eigenvalue weighted by Crippen LogP contribution is 2.57. The quantitative estimate of drug-likeness (QED) is 0.341. The van der Waals surface area contributed by atoms with Crippen molar-refractivity contribution in [3.05, 3.63) is 25.3 Å². The minimum absolute atomic E-state index is 0.0251. The average molecular weight is 349 g/mol. The number of ether oxygens (including phenoxy) is 1. The van der Waals surface area contributed by atoms with Crippen LogP contribution in [0.25, 0.3) is 0 Å². The zero-order valence-corrected chi connectivity index (χ0v) is 18.0. The minimum Gasteiger partial charge on any atom is -0.459 e. The Labute approximate surface area is 156 Å². The lowest BCUT2D eigenvalue weighted by atomic mass is 9.49. The van der Waals surface area contributed by atoms with Gasteiger partial charge in [0.05, 0.1) is 0 Å². The van der Waals surface area contributed by atoms with Crippen LogP contribution in [0.4, 0.5) is 0 Å². The van der Waals surface area contributed by atoms with Crippen molar-refractivity contribution in [3.8, 4) is 0 Å². The number of hydrogen-bond donors (Lipinski definition) is 0. The molecule has 0 N–H and O–H groups in total. The first-order valence-corrected chi connectivity index (χ1v) is 9.60. The summed E-state index contributed by atoms with van der Waals surface area (Å²) in [6, 6.07) is 0. The molecule has 0 aromatic carbocycles. The van der Waals surface area contributed by atoms with Crippen LogP contribution < -0.4 is 0 Å². The predicted octanol–water partition coefficient (Wildman–Crippen LogP) is 6.28. The Hall–Kier alpha value is -1.05. The van der Waals surface area contributed by atoms with Crippen molar-refractivity contribution in [1.29, 1.82) is 0 Å². The molecule has 5 atom stereocenters. The van der Waals surface area contributed by atoms with Crippen molar-refractivity contribution in [3.63, 3.8) is 0 Å². The topological polar surface area (TPSA) is 26.3 Å². The molecule has 0 heterocycles. The van der Waals surface area contributed by atoms with Gasteiger partial charge in [-0.3, -0.25) is 0 Å². The van der Waals surface area contributed by atoms with E-state index in [-0.39, 0.29) is 34.2 Å². The molecule has 1 aliphatic carbocycles. The maximum Gasteiger partial charge on any atom is 0.330 e. The minimum atomic E-state index is -0.316. The molecule has 0 aliphatic heterocycles. The fourth-order valence-electron chi connectivity index (χ4n) is 5.10. The lowest BCUT2D eigenvalue weighted by Crippen LogP contribution is -2.55. The van der Waals surface area contributed by atoms with Crippen LogP contribution in [0.15, 0.2) is 25.3 Å². The highest BCUT2D eigenvalue weighted by atomic mass is 16.5. The molecule has 0 amide bonds. The van der Waals surface area contributed by atoms with Crippen molar-refractivity contribution >= 4 is 5.97 Å². The molecule has 0 saturated heterocycles. The number of carbonyl (C=O) groups excluding carboxylic acids is 1. The Morgan fingerprint density at radius 2 is 1.36 bits per heavy atom. The van der Waals surface area contributed by atoms with E-state index in [1.807, 2.05) is 0 Å². The summed E-state index contributed by atoms with van der Waals surface area (Å²) in [5.41, 5.74) is 0.325. The molecule has 5 unspecified atom stereocenters. The summed E-state index contributed by atoms with van der Waals surface area (Å²) in [5.74, 6) is 1.19. The smallest absolute Gasteiger partial charge is 0.330 e. The fourth-order valence-corrected chi connectivity index (χ4v) is 5.10. The molecule has 1 fully saturated rings. The summed E-state index contributed by atoms with van der Waals surface area (Å²) in [4.78, 5) is 12.0.